The predicted molar refractivity (Wildman–Crippen MR) is 64.3 cm³/mol. The predicted octanol–water partition coefficient (Wildman–Crippen LogP) is 0.842. The lowest BCUT2D eigenvalue weighted by atomic mass is 10.0. The third-order valence-electron chi connectivity index (χ3n) is 2.56. The Kier molecular flexibility index (Phi) is 5.21. The molecule has 96 valence electrons. The first-order valence-electron chi connectivity index (χ1n) is 5.28. The van der Waals surface area contributed by atoms with Crippen LogP contribution >= 0.6 is 0 Å². The van der Waals surface area contributed by atoms with Gasteiger partial charge in [-0.25, -0.2) is 0 Å². The summed E-state index contributed by atoms with van der Waals surface area (Å²) in [5, 5.41) is 9.11. The molecule has 0 radical (unpaired) electrons. The Labute approximate surface area is 101 Å². The SMILES string of the molecule is COCc1c(OC)ccc(C(N)CO)c1OC. The average Bonchev–Trinajstić information content (AvgIpc) is 2.37. The van der Waals surface area contributed by atoms with E-state index in [1.54, 1.807) is 33.5 Å². The lowest BCUT2D eigenvalue weighted by Crippen LogP contribution is -2.16. The van der Waals surface area contributed by atoms with E-state index >= 15 is 0 Å². The molecule has 5 nitrogen and oxygen atoms in total. The summed E-state index contributed by atoms with van der Waals surface area (Å²) in [7, 11) is 4.73. The maximum Gasteiger partial charge on any atom is 0.132 e. The van der Waals surface area contributed by atoms with Gasteiger partial charge in [0.05, 0.1) is 39.0 Å². The van der Waals surface area contributed by atoms with E-state index in [0.29, 0.717) is 18.1 Å². The van der Waals surface area contributed by atoms with Crippen molar-refractivity contribution in [1.29, 1.82) is 0 Å². The number of hydrogen-bond donors (Lipinski definition) is 2. The lowest BCUT2D eigenvalue weighted by molar-refractivity contribution is 0.177. The van der Waals surface area contributed by atoms with E-state index in [-0.39, 0.29) is 6.61 Å². The molecule has 1 unspecified atom stereocenters. The van der Waals surface area contributed by atoms with Gasteiger partial charge in [-0.05, 0) is 12.1 Å². The minimum atomic E-state index is -0.480. The summed E-state index contributed by atoms with van der Waals surface area (Å²) < 4.78 is 15.7. The minimum Gasteiger partial charge on any atom is -0.496 e. The largest absolute Gasteiger partial charge is 0.496 e. The third kappa shape index (κ3) is 2.88. The van der Waals surface area contributed by atoms with E-state index < -0.39 is 6.04 Å². The maximum absolute atomic E-state index is 9.11. The van der Waals surface area contributed by atoms with Crippen LogP contribution < -0.4 is 15.2 Å². The Morgan fingerprint density at radius 2 is 1.94 bits per heavy atom. The molecule has 1 aromatic rings. The summed E-state index contributed by atoms with van der Waals surface area (Å²) in [4.78, 5) is 0. The highest BCUT2D eigenvalue weighted by molar-refractivity contribution is 5.51. The van der Waals surface area contributed by atoms with Crippen LogP contribution in [0.1, 0.15) is 17.2 Å². The first-order chi connectivity index (χ1) is 8.19. The van der Waals surface area contributed by atoms with E-state index in [9.17, 15) is 0 Å². The van der Waals surface area contributed by atoms with Gasteiger partial charge in [-0.1, -0.05) is 0 Å². The molecule has 0 heterocycles. The van der Waals surface area contributed by atoms with Crippen molar-refractivity contribution in [2.45, 2.75) is 12.6 Å². The summed E-state index contributed by atoms with van der Waals surface area (Å²) in [5.41, 5.74) is 7.34. The van der Waals surface area contributed by atoms with Crippen molar-refractivity contribution in [2.75, 3.05) is 27.9 Å². The lowest BCUT2D eigenvalue weighted by Gasteiger charge is -2.19. The normalized spacial score (nSPS) is 12.3. The molecule has 0 aliphatic heterocycles. The summed E-state index contributed by atoms with van der Waals surface area (Å²) in [6.07, 6.45) is 0. The Bertz CT molecular complexity index is 368. The van der Waals surface area contributed by atoms with Gasteiger partial charge in [0.2, 0.25) is 0 Å². The zero-order chi connectivity index (χ0) is 12.8. The molecule has 0 bridgehead atoms. The van der Waals surface area contributed by atoms with Crippen LogP contribution in [0.5, 0.6) is 11.5 Å². The fourth-order valence-electron chi connectivity index (χ4n) is 1.73. The molecule has 3 N–H and O–H groups in total. The van der Waals surface area contributed by atoms with E-state index in [0.717, 1.165) is 11.1 Å². The first-order valence-corrected chi connectivity index (χ1v) is 5.28. The molecule has 0 spiro atoms. The van der Waals surface area contributed by atoms with Crippen molar-refractivity contribution in [1.82, 2.24) is 0 Å². The molecule has 0 aliphatic carbocycles. The van der Waals surface area contributed by atoms with Crippen molar-refractivity contribution in [2.24, 2.45) is 5.73 Å². The monoisotopic (exact) mass is 241 g/mol. The van der Waals surface area contributed by atoms with E-state index in [1.165, 1.54) is 0 Å². The Hall–Kier alpha value is -1.30. The second-order valence-electron chi connectivity index (χ2n) is 3.59. The molecule has 0 aliphatic rings. The molecule has 0 amide bonds. The fraction of sp³-hybridized carbons (Fsp3) is 0.500. The summed E-state index contributed by atoms with van der Waals surface area (Å²) >= 11 is 0. The number of rotatable bonds is 6. The molecule has 0 aromatic heterocycles. The van der Waals surface area contributed by atoms with Crippen LogP contribution in [0.15, 0.2) is 12.1 Å². The molecule has 0 saturated heterocycles. The smallest absolute Gasteiger partial charge is 0.132 e. The first kappa shape index (κ1) is 13.8. The van der Waals surface area contributed by atoms with Crippen molar-refractivity contribution in [3.8, 4) is 11.5 Å². The molecule has 0 fully saturated rings. The topological polar surface area (TPSA) is 73.9 Å². The molecule has 1 rings (SSSR count). The quantitative estimate of drug-likeness (QED) is 0.772. The second kappa shape index (κ2) is 6.44. The van der Waals surface area contributed by atoms with Crippen LogP contribution in [-0.2, 0) is 11.3 Å². The Morgan fingerprint density at radius 3 is 2.41 bits per heavy atom. The fourth-order valence-corrected chi connectivity index (χ4v) is 1.73. The number of aliphatic hydroxyl groups excluding tert-OH is 1. The van der Waals surface area contributed by atoms with Gasteiger partial charge in [0.15, 0.2) is 0 Å². The van der Waals surface area contributed by atoms with Crippen molar-refractivity contribution in [3.05, 3.63) is 23.3 Å². The number of benzene rings is 1. The number of methoxy groups -OCH3 is 3. The summed E-state index contributed by atoms with van der Waals surface area (Å²) in [6.45, 7) is 0.216. The maximum atomic E-state index is 9.11. The zero-order valence-electron chi connectivity index (χ0n) is 10.4. The van der Waals surface area contributed by atoms with Gasteiger partial charge in [0, 0.05) is 12.7 Å². The van der Waals surface area contributed by atoms with Crippen LogP contribution in [0.3, 0.4) is 0 Å². The van der Waals surface area contributed by atoms with Gasteiger partial charge in [-0.15, -0.1) is 0 Å². The standard InChI is InChI=1S/C12H19NO4/c1-15-7-9-11(16-2)5-4-8(10(13)6-14)12(9)17-3/h4-5,10,14H,6-7,13H2,1-3H3. The molecule has 17 heavy (non-hydrogen) atoms. The number of aliphatic hydroxyl groups is 1. The van der Waals surface area contributed by atoms with Gasteiger partial charge in [-0.3, -0.25) is 0 Å². The van der Waals surface area contributed by atoms with Crippen LogP contribution in [-0.4, -0.2) is 33.0 Å². The van der Waals surface area contributed by atoms with E-state index in [1.807, 2.05) is 0 Å². The minimum absolute atomic E-state index is 0.144. The van der Waals surface area contributed by atoms with Crippen LogP contribution in [0.4, 0.5) is 0 Å². The zero-order valence-corrected chi connectivity index (χ0v) is 10.4. The van der Waals surface area contributed by atoms with E-state index in [2.05, 4.69) is 0 Å². The number of nitrogens with two attached hydrogens (primary N) is 1. The van der Waals surface area contributed by atoms with Crippen molar-refractivity contribution >= 4 is 0 Å². The summed E-state index contributed by atoms with van der Waals surface area (Å²) in [5.74, 6) is 1.28. The number of hydrogen-bond acceptors (Lipinski definition) is 5. The van der Waals surface area contributed by atoms with Crippen LogP contribution in [0.25, 0.3) is 0 Å². The van der Waals surface area contributed by atoms with Crippen molar-refractivity contribution in [3.63, 3.8) is 0 Å². The average molecular weight is 241 g/mol. The van der Waals surface area contributed by atoms with Gasteiger partial charge < -0.3 is 25.1 Å². The molecular weight excluding hydrogens is 222 g/mol. The second-order valence-corrected chi connectivity index (χ2v) is 3.59. The van der Waals surface area contributed by atoms with Crippen LogP contribution in [0.2, 0.25) is 0 Å². The molecule has 1 aromatic carbocycles. The molecular formula is C12H19NO4. The third-order valence-corrected chi connectivity index (χ3v) is 2.56. The van der Waals surface area contributed by atoms with E-state index in [4.69, 9.17) is 25.1 Å². The Balaban J connectivity index is 3.29. The summed E-state index contributed by atoms with van der Waals surface area (Å²) in [6, 6.07) is 3.10. The molecule has 0 saturated carbocycles. The highest BCUT2D eigenvalue weighted by atomic mass is 16.5. The highest BCUT2D eigenvalue weighted by Gasteiger charge is 2.18. The number of ether oxygens (including phenoxy) is 3. The van der Waals surface area contributed by atoms with Gasteiger partial charge in [0.25, 0.3) is 0 Å². The van der Waals surface area contributed by atoms with Gasteiger partial charge in [0.1, 0.15) is 11.5 Å². The van der Waals surface area contributed by atoms with Gasteiger partial charge >= 0.3 is 0 Å². The Morgan fingerprint density at radius 1 is 1.24 bits per heavy atom. The highest BCUT2D eigenvalue weighted by Crippen LogP contribution is 2.35. The molecule has 1 atom stereocenters. The molecule has 5 heteroatoms. The van der Waals surface area contributed by atoms with Gasteiger partial charge in [-0.2, -0.15) is 0 Å². The van der Waals surface area contributed by atoms with Crippen LogP contribution in [0, 0.1) is 0 Å². The van der Waals surface area contributed by atoms with Crippen molar-refractivity contribution < 1.29 is 19.3 Å².